The first-order chi connectivity index (χ1) is 18.4. The first-order valence-electron chi connectivity index (χ1n) is 12.8. The van der Waals surface area contributed by atoms with Gasteiger partial charge in [-0.1, -0.05) is 55.5 Å². The summed E-state index contributed by atoms with van der Waals surface area (Å²) in [6.07, 6.45) is 8.73. The van der Waals surface area contributed by atoms with Crippen LogP contribution in [0.2, 0.25) is 0 Å². The Hall–Kier alpha value is -4.04. The molecule has 8 heteroatoms. The third-order valence-electron chi connectivity index (χ3n) is 6.77. The zero-order chi connectivity index (χ0) is 27.1. The van der Waals surface area contributed by atoms with Crippen molar-refractivity contribution in [2.45, 2.75) is 32.4 Å². The van der Waals surface area contributed by atoms with Gasteiger partial charge in [0.15, 0.2) is 0 Å². The highest BCUT2D eigenvalue weighted by Crippen LogP contribution is 2.28. The Morgan fingerprint density at radius 2 is 1.95 bits per heavy atom. The second kappa shape index (κ2) is 12.5. The molecule has 38 heavy (non-hydrogen) atoms. The van der Waals surface area contributed by atoms with E-state index in [1.807, 2.05) is 68.5 Å². The topological polar surface area (TPSA) is 95.9 Å². The molecule has 2 aromatic heterocycles. The van der Waals surface area contributed by atoms with Crippen LogP contribution in [0.15, 0.2) is 67.1 Å². The normalized spacial score (nSPS) is 18.3. The molecule has 0 spiro atoms. The number of rotatable bonds is 8. The molecule has 4 rings (SSSR count). The van der Waals surface area contributed by atoms with Crippen molar-refractivity contribution in [1.29, 1.82) is 0 Å². The van der Waals surface area contributed by atoms with Crippen molar-refractivity contribution < 1.29 is 19.4 Å². The van der Waals surface area contributed by atoms with Crippen molar-refractivity contribution in [1.82, 2.24) is 19.8 Å². The molecule has 0 saturated heterocycles. The molecular weight excluding hydrogens is 480 g/mol. The number of ether oxygens (including phenoxy) is 1. The maximum Gasteiger partial charge on any atom is 0.259 e. The number of pyridine rings is 2. The van der Waals surface area contributed by atoms with E-state index in [4.69, 9.17) is 4.74 Å². The van der Waals surface area contributed by atoms with Gasteiger partial charge >= 0.3 is 0 Å². The molecule has 0 bridgehead atoms. The van der Waals surface area contributed by atoms with Gasteiger partial charge in [0.25, 0.3) is 5.91 Å². The predicted octanol–water partition coefficient (Wildman–Crippen LogP) is 3.57. The maximum absolute atomic E-state index is 13.6. The number of likely N-dealkylation sites (N-methyl/N-ethyl adjacent to an activating group) is 1. The van der Waals surface area contributed by atoms with Crippen LogP contribution in [0.4, 0.5) is 0 Å². The lowest BCUT2D eigenvalue weighted by atomic mass is 9.99. The number of amides is 2. The van der Waals surface area contributed by atoms with E-state index < -0.39 is 6.10 Å². The van der Waals surface area contributed by atoms with Crippen LogP contribution in [0.1, 0.15) is 40.9 Å². The van der Waals surface area contributed by atoms with Crippen LogP contribution in [0, 0.1) is 5.92 Å². The number of fused-ring (bicyclic) bond motifs is 1. The lowest BCUT2D eigenvalue weighted by molar-refractivity contribution is -0.130. The molecule has 1 aliphatic rings. The summed E-state index contributed by atoms with van der Waals surface area (Å²) < 4.78 is 6.32. The van der Waals surface area contributed by atoms with Gasteiger partial charge in [0, 0.05) is 38.1 Å². The number of carbonyl (C=O) groups excluding carboxylic acids is 2. The van der Waals surface area contributed by atoms with E-state index in [1.54, 1.807) is 41.5 Å². The first kappa shape index (κ1) is 27.0. The van der Waals surface area contributed by atoms with Crippen molar-refractivity contribution >= 4 is 24.0 Å². The summed E-state index contributed by atoms with van der Waals surface area (Å²) in [4.78, 5) is 38.4. The Bertz CT molecular complexity index is 1270. The quantitative estimate of drug-likeness (QED) is 0.494. The van der Waals surface area contributed by atoms with Gasteiger partial charge in [-0.3, -0.25) is 14.6 Å². The number of aliphatic hydroxyl groups is 1. The van der Waals surface area contributed by atoms with Crippen LogP contribution in [0.3, 0.4) is 0 Å². The highest BCUT2D eigenvalue weighted by atomic mass is 16.5. The van der Waals surface area contributed by atoms with Crippen LogP contribution >= 0.6 is 0 Å². The Balaban J connectivity index is 1.59. The number of benzene rings is 1. The molecule has 3 heterocycles. The highest BCUT2D eigenvalue weighted by molar-refractivity contribution is 5.97. The second-order valence-corrected chi connectivity index (χ2v) is 9.80. The smallest absolute Gasteiger partial charge is 0.259 e. The Kier molecular flexibility index (Phi) is 8.86. The SMILES string of the molecule is C[C@@H]1CN([C@H](C)CO)C(=O)c2cc(/C=C/c3ccccc3)cnc2O[C@@H]1CN(C)C(=O)Cc1cccnc1. The van der Waals surface area contributed by atoms with Crippen LogP contribution < -0.4 is 4.74 Å². The van der Waals surface area contributed by atoms with Crippen LogP contribution in [-0.2, 0) is 11.2 Å². The molecular formula is C30H34N4O4. The fourth-order valence-corrected chi connectivity index (χ4v) is 4.37. The Morgan fingerprint density at radius 3 is 2.66 bits per heavy atom. The number of hydrogen-bond acceptors (Lipinski definition) is 6. The van der Waals surface area contributed by atoms with E-state index in [2.05, 4.69) is 9.97 Å². The van der Waals surface area contributed by atoms with E-state index >= 15 is 0 Å². The van der Waals surface area contributed by atoms with Gasteiger partial charge in [-0.25, -0.2) is 4.98 Å². The average Bonchev–Trinajstić information content (AvgIpc) is 2.94. The number of hydrogen-bond donors (Lipinski definition) is 1. The number of carbonyl (C=O) groups is 2. The second-order valence-electron chi connectivity index (χ2n) is 9.80. The summed E-state index contributed by atoms with van der Waals surface area (Å²) in [5.41, 5.74) is 2.97. The zero-order valence-electron chi connectivity index (χ0n) is 22.0. The predicted molar refractivity (Wildman–Crippen MR) is 146 cm³/mol. The standard InChI is InChI=1S/C30H34N4O4/c1-21-18-34(22(2)20-35)30(37)26-14-25(12-11-23-8-5-4-6-9-23)17-32-29(26)38-27(21)19-33(3)28(36)15-24-10-7-13-31-16-24/h4-14,16-17,21-22,27,35H,15,18-20H2,1-3H3/b12-11+/t21-,22-,27-/m1/s1. The summed E-state index contributed by atoms with van der Waals surface area (Å²) >= 11 is 0. The zero-order valence-corrected chi connectivity index (χ0v) is 22.0. The van der Waals surface area contributed by atoms with E-state index in [1.165, 1.54) is 0 Å². The van der Waals surface area contributed by atoms with Gasteiger partial charge in [-0.05, 0) is 35.7 Å². The largest absolute Gasteiger partial charge is 0.472 e. The minimum absolute atomic E-state index is 0.0536. The van der Waals surface area contributed by atoms with Gasteiger partial charge in [0.2, 0.25) is 11.8 Å². The third kappa shape index (κ3) is 6.63. The van der Waals surface area contributed by atoms with E-state index in [0.29, 0.717) is 18.7 Å². The van der Waals surface area contributed by atoms with Crippen LogP contribution in [0.5, 0.6) is 5.88 Å². The van der Waals surface area contributed by atoms with Crippen LogP contribution in [0.25, 0.3) is 12.2 Å². The number of aromatic nitrogens is 2. The van der Waals surface area contributed by atoms with Crippen molar-refractivity contribution in [2.24, 2.45) is 5.92 Å². The fourth-order valence-electron chi connectivity index (χ4n) is 4.37. The number of nitrogens with zero attached hydrogens (tertiary/aromatic N) is 4. The van der Waals surface area contributed by atoms with Crippen LogP contribution in [-0.4, -0.2) is 75.6 Å². The number of aliphatic hydroxyl groups excluding tert-OH is 1. The van der Waals surface area contributed by atoms with Gasteiger partial charge in [-0.15, -0.1) is 0 Å². The summed E-state index contributed by atoms with van der Waals surface area (Å²) in [5, 5.41) is 9.88. The lowest BCUT2D eigenvalue weighted by Crippen LogP contribution is -2.50. The summed E-state index contributed by atoms with van der Waals surface area (Å²) in [5.74, 6) is -0.182. The minimum atomic E-state index is -0.406. The minimum Gasteiger partial charge on any atom is -0.472 e. The van der Waals surface area contributed by atoms with Crippen molar-refractivity contribution in [3.63, 3.8) is 0 Å². The Labute approximate surface area is 223 Å². The molecule has 3 atom stereocenters. The summed E-state index contributed by atoms with van der Waals surface area (Å²) in [6.45, 7) is 4.34. The molecule has 0 radical (unpaired) electrons. The molecule has 1 aromatic carbocycles. The molecule has 0 saturated carbocycles. The lowest BCUT2D eigenvalue weighted by Gasteiger charge is -2.37. The average molecular weight is 515 g/mol. The Morgan fingerprint density at radius 1 is 1.18 bits per heavy atom. The van der Waals surface area contributed by atoms with E-state index in [0.717, 1.165) is 16.7 Å². The molecule has 3 aromatic rings. The molecule has 0 fully saturated rings. The van der Waals surface area contributed by atoms with E-state index in [9.17, 15) is 14.7 Å². The molecule has 198 valence electrons. The van der Waals surface area contributed by atoms with E-state index in [-0.39, 0.29) is 42.7 Å². The molecule has 1 aliphatic heterocycles. The molecule has 2 amide bonds. The monoisotopic (exact) mass is 514 g/mol. The molecule has 8 nitrogen and oxygen atoms in total. The first-order valence-corrected chi connectivity index (χ1v) is 12.8. The van der Waals surface area contributed by atoms with Crippen molar-refractivity contribution in [3.05, 3.63) is 89.4 Å². The molecule has 0 unspecified atom stereocenters. The highest BCUT2D eigenvalue weighted by Gasteiger charge is 2.34. The summed E-state index contributed by atoms with van der Waals surface area (Å²) in [7, 11) is 1.75. The molecule has 0 aliphatic carbocycles. The third-order valence-corrected chi connectivity index (χ3v) is 6.77. The fraction of sp³-hybridized carbons (Fsp3) is 0.333. The van der Waals surface area contributed by atoms with Crippen molar-refractivity contribution in [3.8, 4) is 5.88 Å². The molecule has 1 N–H and O–H groups in total. The maximum atomic E-state index is 13.6. The van der Waals surface area contributed by atoms with Crippen molar-refractivity contribution in [2.75, 3.05) is 26.7 Å². The van der Waals surface area contributed by atoms with Gasteiger partial charge in [-0.2, -0.15) is 0 Å². The van der Waals surface area contributed by atoms with Gasteiger partial charge < -0.3 is 19.6 Å². The van der Waals surface area contributed by atoms with Gasteiger partial charge in [0.1, 0.15) is 11.7 Å². The summed E-state index contributed by atoms with van der Waals surface area (Å²) in [6, 6.07) is 14.9. The van der Waals surface area contributed by atoms with Gasteiger partial charge in [0.05, 0.1) is 25.6 Å².